The highest BCUT2D eigenvalue weighted by molar-refractivity contribution is 8.15. The average Bonchev–Trinajstić information content (AvgIpc) is 3.46. The highest BCUT2D eigenvalue weighted by Gasteiger charge is 2.42. The van der Waals surface area contributed by atoms with Crippen LogP contribution in [0.2, 0.25) is 0 Å². The number of nitrogens with zero attached hydrogens (tertiary/aromatic N) is 3. The minimum Gasteiger partial charge on any atom is -0.353 e. The Bertz CT molecular complexity index is 1130. The van der Waals surface area contributed by atoms with Crippen LogP contribution < -0.4 is 10.6 Å². The summed E-state index contributed by atoms with van der Waals surface area (Å²) in [4.78, 5) is 67.2. The summed E-state index contributed by atoms with van der Waals surface area (Å²) >= 11 is 0.825. The van der Waals surface area contributed by atoms with Crippen molar-refractivity contribution in [3.05, 3.63) is 54.1 Å². The van der Waals surface area contributed by atoms with Crippen molar-refractivity contribution in [2.24, 2.45) is 5.92 Å². The third-order valence-electron chi connectivity index (χ3n) is 6.07. The van der Waals surface area contributed by atoms with E-state index in [2.05, 4.69) is 15.6 Å². The number of rotatable bonds is 14. The molecule has 0 aliphatic carbocycles. The monoisotopic (exact) mass is 541 g/mol. The van der Waals surface area contributed by atoms with Crippen molar-refractivity contribution in [3.8, 4) is 0 Å². The van der Waals surface area contributed by atoms with Gasteiger partial charge in [-0.1, -0.05) is 37.7 Å². The Balaban J connectivity index is 1.55. The summed E-state index contributed by atoms with van der Waals surface area (Å²) < 4.78 is 1.90. The largest absolute Gasteiger partial charge is 0.353 e. The molecule has 0 spiro atoms. The number of unbranched alkanes of at least 4 members (excludes halogenated alkanes) is 1. The molecule has 0 unspecified atom stereocenters. The number of hydrogen-bond acceptors (Lipinski definition) is 7. The minimum atomic E-state index is -1.42. The first kappa shape index (κ1) is 29.1. The lowest BCUT2D eigenvalue weighted by Crippen LogP contribution is -2.58. The number of thioether (sulfide) groups is 1. The zero-order valence-electron chi connectivity index (χ0n) is 22.1. The Morgan fingerprint density at radius 2 is 1.71 bits per heavy atom. The molecule has 4 amide bonds. The van der Waals surface area contributed by atoms with Gasteiger partial charge in [0.15, 0.2) is 9.99 Å². The van der Waals surface area contributed by atoms with E-state index in [-0.39, 0.29) is 48.1 Å². The summed E-state index contributed by atoms with van der Waals surface area (Å²) in [6.45, 7) is 6.49. The van der Waals surface area contributed by atoms with Crippen molar-refractivity contribution in [2.75, 3.05) is 13.1 Å². The first-order chi connectivity index (χ1) is 18.1. The maximum atomic E-state index is 13.3. The van der Waals surface area contributed by atoms with Gasteiger partial charge in [-0.05, 0) is 43.7 Å². The van der Waals surface area contributed by atoms with E-state index in [0.29, 0.717) is 43.5 Å². The lowest BCUT2D eigenvalue weighted by atomic mass is 10.0. The molecule has 1 atom stereocenters. The van der Waals surface area contributed by atoms with Gasteiger partial charge in [-0.25, -0.2) is 4.98 Å². The smallest absolute Gasteiger partial charge is 0.261 e. The van der Waals surface area contributed by atoms with E-state index >= 15 is 0 Å². The van der Waals surface area contributed by atoms with Crippen LogP contribution in [0.5, 0.6) is 0 Å². The van der Waals surface area contributed by atoms with Gasteiger partial charge in [0.2, 0.25) is 5.91 Å². The van der Waals surface area contributed by atoms with E-state index in [4.69, 9.17) is 0 Å². The van der Waals surface area contributed by atoms with Gasteiger partial charge in [0.1, 0.15) is 0 Å². The second-order valence-electron chi connectivity index (χ2n) is 9.74. The van der Waals surface area contributed by atoms with Gasteiger partial charge in [-0.2, -0.15) is 0 Å². The molecule has 1 aromatic heterocycles. The molecule has 10 nitrogen and oxygen atoms in total. The van der Waals surface area contributed by atoms with Gasteiger partial charge in [-0.15, -0.1) is 0 Å². The molecule has 0 saturated heterocycles. The number of benzene rings is 1. The normalized spacial score (nSPS) is 14.4. The fourth-order valence-electron chi connectivity index (χ4n) is 4.45. The summed E-state index contributed by atoms with van der Waals surface area (Å²) in [5.74, 6) is -1.39. The maximum absolute atomic E-state index is 13.3. The number of hydrogen-bond donors (Lipinski definition) is 2. The standard InChI is InChI=1S/C27H35N5O5S/c1-19(2)17-27(38-20(3)33,26(37)29-12-8-14-31-16-13-28-18-31)30-23(34)11-6-7-15-32-24(35)21-9-4-5-10-22(21)25(32)36/h4-5,9-10,13,16,18-19H,6-8,11-12,14-15,17H2,1-3H3,(H,29,37)(H,30,34)/t27-/m1/s1. The van der Waals surface area contributed by atoms with Gasteiger partial charge in [0, 0.05) is 45.4 Å². The Hall–Kier alpha value is -3.47. The molecule has 2 heterocycles. The number of imide groups is 1. The van der Waals surface area contributed by atoms with Crippen LogP contribution in [0.4, 0.5) is 0 Å². The third kappa shape index (κ3) is 7.53. The van der Waals surface area contributed by atoms with Gasteiger partial charge in [0.25, 0.3) is 17.7 Å². The van der Waals surface area contributed by atoms with Crippen LogP contribution in [0.3, 0.4) is 0 Å². The first-order valence-corrected chi connectivity index (χ1v) is 13.6. The number of fused-ring (bicyclic) bond motifs is 1. The number of carbonyl (C=O) groups excluding carboxylic acids is 5. The molecule has 204 valence electrons. The molecule has 3 rings (SSSR count). The Labute approximate surface area is 226 Å². The highest BCUT2D eigenvalue weighted by atomic mass is 32.2. The lowest BCUT2D eigenvalue weighted by Gasteiger charge is -2.33. The van der Waals surface area contributed by atoms with E-state index in [1.807, 2.05) is 24.6 Å². The molecule has 11 heteroatoms. The second-order valence-corrected chi connectivity index (χ2v) is 11.2. The molecule has 1 aliphatic rings. The van der Waals surface area contributed by atoms with Crippen molar-refractivity contribution in [2.45, 2.75) is 64.3 Å². The highest BCUT2D eigenvalue weighted by Crippen LogP contribution is 2.31. The summed E-state index contributed by atoms with van der Waals surface area (Å²) in [5, 5.41) is 5.45. The van der Waals surface area contributed by atoms with Crippen LogP contribution in [-0.4, -0.2) is 61.2 Å². The number of nitrogens with one attached hydrogen (secondary N) is 2. The fourth-order valence-corrected chi connectivity index (χ4v) is 5.68. The van der Waals surface area contributed by atoms with E-state index in [1.54, 1.807) is 36.8 Å². The second kappa shape index (κ2) is 13.4. The van der Waals surface area contributed by atoms with Crippen molar-refractivity contribution < 1.29 is 24.0 Å². The first-order valence-electron chi connectivity index (χ1n) is 12.8. The van der Waals surface area contributed by atoms with Crippen molar-refractivity contribution in [3.63, 3.8) is 0 Å². The van der Waals surface area contributed by atoms with Crippen LogP contribution in [0.15, 0.2) is 43.0 Å². The molecular weight excluding hydrogens is 506 g/mol. The molecule has 0 bridgehead atoms. The Kier molecular flexibility index (Phi) is 10.2. The third-order valence-corrected chi connectivity index (χ3v) is 7.16. The van der Waals surface area contributed by atoms with E-state index in [9.17, 15) is 24.0 Å². The number of amides is 4. The maximum Gasteiger partial charge on any atom is 0.261 e. The SMILES string of the molecule is CC(=O)S[C@@](CC(C)C)(NC(=O)CCCCN1C(=O)c2ccccc2C1=O)C(=O)NCCCn1ccnc1. The lowest BCUT2D eigenvalue weighted by molar-refractivity contribution is -0.130. The van der Waals surface area contributed by atoms with Crippen LogP contribution in [0.25, 0.3) is 0 Å². The van der Waals surface area contributed by atoms with Crippen LogP contribution in [0.1, 0.15) is 73.6 Å². The van der Waals surface area contributed by atoms with Gasteiger partial charge >= 0.3 is 0 Å². The number of carbonyl (C=O) groups is 5. The fraction of sp³-hybridized carbons (Fsp3) is 0.481. The summed E-state index contributed by atoms with van der Waals surface area (Å²) in [5.41, 5.74) is 0.789. The van der Waals surface area contributed by atoms with E-state index in [0.717, 1.165) is 11.8 Å². The van der Waals surface area contributed by atoms with Crippen LogP contribution in [-0.2, 0) is 20.9 Å². The molecule has 1 aromatic carbocycles. The summed E-state index contributed by atoms with van der Waals surface area (Å²) in [6, 6.07) is 6.70. The van der Waals surface area contributed by atoms with Gasteiger partial charge < -0.3 is 15.2 Å². The van der Waals surface area contributed by atoms with Crippen LogP contribution >= 0.6 is 11.8 Å². The topological polar surface area (TPSA) is 130 Å². The van der Waals surface area contributed by atoms with E-state index < -0.39 is 10.8 Å². The predicted octanol–water partition coefficient (Wildman–Crippen LogP) is 2.99. The summed E-state index contributed by atoms with van der Waals surface area (Å²) in [6.07, 6.45) is 7.11. The zero-order chi connectivity index (χ0) is 27.7. The molecule has 1 aliphatic heterocycles. The quantitative estimate of drug-likeness (QED) is 0.214. The number of aromatic nitrogens is 2. The van der Waals surface area contributed by atoms with Crippen molar-refractivity contribution >= 4 is 40.5 Å². The van der Waals surface area contributed by atoms with E-state index in [1.165, 1.54) is 11.8 Å². The molecule has 2 N–H and O–H groups in total. The molecular formula is C27H35N5O5S. The zero-order valence-corrected chi connectivity index (χ0v) is 22.9. The number of aryl methyl sites for hydroxylation is 1. The van der Waals surface area contributed by atoms with Gasteiger partial charge in [0.05, 0.1) is 17.5 Å². The predicted molar refractivity (Wildman–Crippen MR) is 144 cm³/mol. The van der Waals surface area contributed by atoms with Crippen LogP contribution in [0, 0.1) is 5.92 Å². The summed E-state index contributed by atoms with van der Waals surface area (Å²) in [7, 11) is 0. The Morgan fingerprint density at radius 1 is 1.03 bits per heavy atom. The number of imidazole rings is 1. The van der Waals surface area contributed by atoms with Gasteiger partial charge in [-0.3, -0.25) is 28.9 Å². The van der Waals surface area contributed by atoms with Crippen molar-refractivity contribution in [1.29, 1.82) is 0 Å². The van der Waals surface area contributed by atoms with Crippen molar-refractivity contribution in [1.82, 2.24) is 25.1 Å². The molecule has 2 aromatic rings. The Morgan fingerprint density at radius 3 is 2.29 bits per heavy atom. The molecule has 38 heavy (non-hydrogen) atoms. The minimum absolute atomic E-state index is 0.0349. The molecule has 0 saturated carbocycles. The molecule has 0 fully saturated rings. The average molecular weight is 542 g/mol. The molecule has 0 radical (unpaired) electrons.